The average Bonchev–Trinajstić information content (AvgIpc) is 2.36. The minimum absolute atomic E-state index is 0. The molecular formula is C8H20N2O. The maximum Gasteiger partial charge on any atom is 0.164 e. The van der Waals surface area contributed by atoms with E-state index in [1.165, 1.54) is 0 Å². The number of likely N-dealkylation sites (N-methyl/N-ethyl adjacent to an activating group) is 1. The molecule has 1 aliphatic rings. The summed E-state index contributed by atoms with van der Waals surface area (Å²) in [6.45, 7) is 8.26. The quantitative estimate of drug-likeness (QED) is 0.607. The predicted octanol–water partition coefficient (Wildman–Crippen LogP) is 0.490. The van der Waals surface area contributed by atoms with Crippen LogP contribution < -0.4 is 5.73 Å². The lowest BCUT2D eigenvalue weighted by Gasteiger charge is -2.08. The SMILES string of the molecule is CC.CCN1CC(=O)C(N)C1.[HH]. The molecule has 0 spiro atoms. The number of hydrogen-bond acceptors (Lipinski definition) is 3. The van der Waals surface area contributed by atoms with Crippen molar-refractivity contribution in [1.82, 2.24) is 4.90 Å². The molecular weight excluding hydrogens is 140 g/mol. The number of Topliss-reactive ketones (excluding diaryl/α,β-unsaturated/α-hetero) is 1. The van der Waals surface area contributed by atoms with E-state index in [0.29, 0.717) is 6.54 Å². The van der Waals surface area contributed by atoms with Gasteiger partial charge in [-0.25, -0.2) is 0 Å². The van der Waals surface area contributed by atoms with Gasteiger partial charge in [0.15, 0.2) is 5.78 Å². The number of likely N-dealkylation sites (tertiary alicyclic amines) is 1. The highest BCUT2D eigenvalue weighted by Crippen LogP contribution is 2.01. The van der Waals surface area contributed by atoms with Crippen molar-refractivity contribution in [3.63, 3.8) is 0 Å². The monoisotopic (exact) mass is 160 g/mol. The zero-order chi connectivity index (χ0) is 8.85. The van der Waals surface area contributed by atoms with E-state index in [1.807, 2.05) is 25.7 Å². The maximum absolute atomic E-state index is 10.8. The number of nitrogens with zero attached hydrogens (tertiary/aromatic N) is 1. The third-order valence-corrected chi connectivity index (χ3v) is 1.70. The Hall–Kier alpha value is -0.410. The van der Waals surface area contributed by atoms with Crippen LogP contribution in [0.25, 0.3) is 0 Å². The fraction of sp³-hybridized carbons (Fsp3) is 0.875. The first kappa shape index (κ1) is 10.6. The van der Waals surface area contributed by atoms with Crippen molar-refractivity contribution < 1.29 is 6.22 Å². The summed E-state index contributed by atoms with van der Waals surface area (Å²) in [5.74, 6) is 0.178. The Labute approximate surface area is 70.0 Å². The van der Waals surface area contributed by atoms with Gasteiger partial charge in [0.05, 0.1) is 12.6 Å². The van der Waals surface area contributed by atoms with Crippen LogP contribution in [0.3, 0.4) is 0 Å². The number of carbonyl (C=O) groups is 1. The normalized spacial score (nSPS) is 24.7. The van der Waals surface area contributed by atoms with E-state index in [9.17, 15) is 4.79 Å². The van der Waals surface area contributed by atoms with Crippen molar-refractivity contribution in [3.05, 3.63) is 0 Å². The topological polar surface area (TPSA) is 46.3 Å². The minimum Gasteiger partial charge on any atom is -0.320 e. The predicted molar refractivity (Wildman–Crippen MR) is 48.6 cm³/mol. The smallest absolute Gasteiger partial charge is 0.164 e. The Balaban J connectivity index is 0. The lowest BCUT2D eigenvalue weighted by Crippen LogP contribution is -2.29. The van der Waals surface area contributed by atoms with Crippen molar-refractivity contribution in [2.45, 2.75) is 26.8 Å². The standard InChI is InChI=1S/C6H12N2O.C2H6.H2/c1-2-8-3-5(7)6(9)4-8;1-2;/h5H,2-4,7H2,1H3;1-2H3;1H. The number of nitrogens with two attached hydrogens (primary N) is 1. The van der Waals surface area contributed by atoms with Crippen molar-refractivity contribution in [2.24, 2.45) is 5.73 Å². The molecule has 0 aliphatic carbocycles. The molecule has 3 heteroatoms. The van der Waals surface area contributed by atoms with Gasteiger partial charge in [-0.15, -0.1) is 0 Å². The molecule has 0 aromatic rings. The molecule has 0 radical (unpaired) electrons. The minimum atomic E-state index is -0.218. The van der Waals surface area contributed by atoms with Gasteiger partial charge in [0.25, 0.3) is 0 Å². The second kappa shape index (κ2) is 5.27. The summed E-state index contributed by atoms with van der Waals surface area (Å²) in [7, 11) is 0. The van der Waals surface area contributed by atoms with Gasteiger partial charge in [0.1, 0.15) is 0 Å². The molecule has 0 aromatic heterocycles. The highest BCUT2D eigenvalue weighted by atomic mass is 16.1. The maximum atomic E-state index is 10.8. The third kappa shape index (κ3) is 2.99. The summed E-state index contributed by atoms with van der Waals surface area (Å²) in [5.41, 5.74) is 5.45. The Kier molecular flexibility index (Phi) is 5.07. The van der Waals surface area contributed by atoms with Crippen molar-refractivity contribution in [3.8, 4) is 0 Å². The lowest BCUT2D eigenvalue weighted by molar-refractivity contribution is -0.117. The molecule has 3 nitrogen and oxygen atoms in total. The second-order valence-electron chi connectivity index (χ2n) is 2.40. The molecule has 1 atom stereocenters. The Bertz CT molecular complexity index is 130. The summed E-state index contributed by atoms with van der Waals surface area (Å²) in [5, 5.41) is 0. The van der Waals surface area contributed by atoms with E-state index < -0.39 is 0 Å². The van der Waals surface area contributed by atoms with Crippen LogP contribution in [0.1, 0.15) is 22.2 Å². The van der Waals surface area contributed by atoms with Crippen LogP contribution in [0.15, 0.2) is 0 Å². The average molecular weight is 160 g/mol. The van der Waals surface area contributed by atoms with Crippen molar-refractivity contribution in [2.75, 3.05) is 19.6 Å². The molecule has 0 amide bonds. The first-order valence-corrected chi connectivity index (χ1v) is 4.24. The van der Waals surface area contributed by atoms with E-state index in [4.69, 9.17) is 5.73 Å². The summed E-state index contributed by atoms with van der Waals surface area (Å²) >= 11 is 0. The van der Waals surface area contributed by atoms with Crippen LogP contribution in [0.4, 0.5) is 0 Å². The zero-order valence-electron chi connectivity index (χ0n) is 7.63. The lowest BCUT2D eigenvalue weighted by atomic mass is 10.3. The van der Waals surface area contributed by atoms with Gasteiger partial charge < -0.3 is 5.73 Å². The van der Waals surface area contributed by atoms with Gasteiger partial charge >= 0.3 is 0 Å². The van der Waals surface area contributed by atoms with Crippen molar-refractivity contribution >= 4 is 5.78 Å². The molecule has 1 aliphatic heterocycles. The Morgan fingerprint density at radius 2 is 2.27 bits per heavy atom. The molecule has 68 valence electrons. The van der Waals surface area contributed by atoms with Crippen LogP contribution in [0, 0.1) is 0 Å². The van der Waals surface area contributed by atoms with E-state index in [2.05, 4.69) is 0 Å². The summed E-state index contributed by atoms with van der Waals surface area (Å²) in [6, 6.07) is -0.218. The Morgan fingerprint density at radius 3 is 2.45 bits per heavy atom. The van der Waals surface area contributed by atoms with Gasteiger partial charge in [0, 0.05) is 7.97 Å². The van der Waals surface area contributed by atoms with Gasteiger partial charge in [-0.1, -0.05) is 20.8 Å². The van der Waals surface area contributed by atoms with E-state index in [-0.39, 0.29) is 13.3 Å². The number of rotatable bonds is 1. The second-order valence-corrected chi connectivity index (χ2v) is 2.40. The molecule has 2 N–H and O–H groups in total. The number of ketones is 1. The molecule has 1 saturated heterocycles. The van der Waals surface area contributed by atoms with Gasteiger partial charge in [0.2, 0.25) is 0 Å². The molecule has 1 heterocycles. The van der Waals surface area contributed by atoms with Crippen LogP contribution in [0.2, 0.25) is 0 Å². The van der Waals surface area contributed by atoms with Gasteiger partial charge in [-0.3, -0.25) is 9.69 Å². The first-order valence-electron chi connectivity index (χ1n) is 4.24. The fourth-order valence-corrected chi connectivity index (χ4v) is 1.02. The summed E-state index contributed by atoms with van der Waals surface area (Å²) in [4.78, 5) is 12.8. The molecule has 1 rings (SSSR count). The molecule has 1 unspecified atom stereocenters. The third-order valence-electron chi connectivity index (χ3n) is 1.70. The number of carbonyl (C=O) groups excluding carboxylic acids is 1. The zero-order valence-corrected chi connectivity index (χ0v) is 7.63. The Morgan fingerprint density at radius 1 is 1.73 bits per heavy atom. The molecule has 0 aromatic carbocycles. The van der Waals surface area contributed by atoms with Crippen LogP contribution in [0.5, 0.6) is 0 Å². The van der Waals surface area contributed by atoms with Crippen LogP contribution in [-0.2, 0) is 4.79 Å². The number of hydrogen-bond donors (Lipinski definition) is 1. The molecule has 0 saturated carbocycles. The van der Waals surface area contributed by atoms with Crippen LogP contribution in [-0.4, -0.2) is 36.4 Å². The summed E-state index contributed by atoms with van der Waals surface area (Å²) < 4.78 is 0. The summed E-state index contributed by atoms with van der Waals surface area (Å²) in [6.07, 6.45) is 0. The molecule has 1 fully saturated rings. The fourth-order valence-electron chi connectivity index (χ4n) is 1.02. The van der Waals surface area contributed by atoms with E-state index in [1.54, 1.807) is 0 Å². The van der Waals surface area contributed by atoms with E-state index in [0.717, 1.165) is 13.1 Å². The molecule has 0 bridgehead atoms. The van der Waals surface area contributed by atoms with Gasteiger partial charge in [-0.05, 0) is 6.54 Å². The highest BCUT2D eigenvalue weighted by Gasteiger charge is 2.25. The highest BCUT2D eigenvalue weighted by molar-refractivity contribution is 5.87. The van der Waals surface area contributed by atoms with Crippen molar-refractivity contribution in [1.29, 1.82) is 0 Å². The molecule has 11 heavy (non-hydrogen) atoms. The van der Waals surface area contributed by atoms with Crippen LogP contribution >= 0.6 is 0 Å². The first-order chi connectivity index (χ1) is 5.24. The van der Waals surface area contributed by atoms with E-state index >= 15 is 0 Å². The largest absolute Gasteiger partial charge is 0.320 e. The van der Waals surface area contributed by atoms with Gasteiger partial charge in [-0.2, -0.15) is 0 Å².